The highest BCUT2D eigenvalue weighted by atomic mass is 35.5. The Morgan fingerprint density at radius 3 is 2.50 bits per heavy atom. The maximum absolute atomic E-state index is 13.5. The molecule has 0 radical (unpaired) electrons. The molecule has 0 saturated carbocycles. The molecular formula is C12H9ClF2N2O. The van der Waals surface area contributed by atoms with E-state index >= 15 is 0 Å². The molecular weight excluding hydrogens is 262 g/mol. The summed E-state index contributed by atoms with van der Waals surface area (Å²) in [5.74, 6) is -0.935. The Labute approximate surface area is 107 Å². The van der Waals surface area contributed by atoms with Crippen molar-refractivity contribution in [3.8, 4) is 17.1 Å². The van der Waals surface area contributed by atoms with Crippen LogP contribution in [0.5, 0.6) is 5.75 Å². The van der Waals surface area contributed by atoms with Gasteiger partial charge in [0.15, 0.2) is 28.4 Å². The smallest absolute Gasteiger partial charge is 0.181 e. The molecule has 0 aliphatic rings. The normalized spacial score (nSPS) is 10.5. The summed E-state index contributed by atoms with van der Waals surface area (Å²) in [6.45, 7) is 1.46. The van der Waals surface area contributed by atoms with E-state index in [1.165, 1.54) is 26.2 Å². The van der Waals surface area contributed by atoms with Gasteiger partial charge in [-0.15, -0.1) is 0 Å². The third-order valence-electron chi connectivity index (χ3n) is 2.39. The fraction of sp³-hybridized carbons (Fsp3) is 0.167. The van der Waals surface area contributed by atoms with Crippen LogP contribution >= 0.6 is 11.6 Å². The molecule has 18 heavy (non-hydrogen) atoms. The number of nitrogens with zero attached hydrogens (tertiary/aromatic N) is 2. The molecule has 0 aliphatic carbocycles. The van der Waals surface area contributed by atoms with Gasteiger partial charge in [-0.05, 0) is 25.1 Å². The first-order valence-electron chi connectivity index (χ1n) is 5.06. The van der Waals surface area contributed by atoms with Crippen molar-refractivity contribution in [3.05, 3.63) is 40.7 Å². The summed E-state index contributed by atoms with van der Waals surface area (Å²) in [4.78, 5) is 7.69. The van der Waals surface area contributed by atoms with Crippen LogP contribution in [0.4, 0.5) is 8.78 Å². The molecule has 3 nitrogen and oxygen atoms in total. The van der Waals surface area contributed by atoms with Gasteiger partial charge in [-0.25, -0.2) is 18.7 Å². The standard InChI is InChI=1S/C12H9ClF2N2O/c1-6-10(15)11(13)17-12(16-6)7-3-4-9(18-2)8(14)5-7/h3-5H,1-2H3. The fourth-order valence-corrected chi connectivity index (χ4v) is 1.68. The minimum absolute atomic E-state index is 0.112. The Bertz CT molecular complexity index is 582. The third-order valence-corrected chi connectivity index (χ3v) is 2.64. The predicted octanol–water partition coefficient (Wildman–Crippen LogP) is 3.39. The number of aryl methyl sites for hydroxylation is 1. The summed E-state index contributed by atoms with van der Waals surface area (Å²) >= 11 is 5.62. The van der Waals surface area contributed by atoms with Gasteiger partial charge in [-0.1, -0.05) is 11.6 Å². The minimum Gasteiger partial charge on any atom is -0.494 e. The van der Waals surface area contributed by atoms with Crippen LogP contribution < -0.4 is 4.74 Å². The van der Waals surface area contributed by atoms with Crippen LogP contribution in [0.2, 0.25) is 5.15 Å². The Kier molecular flexibility index (Phi) is 3.43. The molecule has 0 atom stereocenters. The van der Waals surface area contributed by atoms with Crippen LogP contribution in [-0.2, 0) is 0 Å². The van der Waals surface area contributed by atoms with E-state index in [0.717, 1.165) is 0 Å². The highest BCUT2D eigenvalue weighted by Gasteiger charge is 2.12. The van der Waals surface area contributed by atoms with Gasteiger partial charge in [0.1, 0.15) is 0 Å². The predicted molar refractivity (Wildman–Crippen MR) is 63.7 cm³/mol. The Morgan fingerprint density at radius 1 is 1.22 bits per heavy atom. The molecule has 0 aliphatic heterocycles. The largest absolute Gasteiger partial charge is 0.494 e. The zero-order valence-electron chi connectivity index (χ0n) is 9.67. The first-order valence-corrected chi connectivity index (χ1v) is 5.44. The molecule has 6 heteroatoms. The van der Waals surface area contributed by atoms with E-state index in [0.29, 0.717) is 5.56 Å². The van der Waals surface area contributed by atoms with Crippen molar-refractivity contribution in [2.45, 2.75) is 6.92 Å². The van der Waals surface area contributed by atoms with Crippen molar-refractivity contribution in [2.75, 3.05) is 7.11 Å². The van der Waals surface area contributed by atoms with Crippen molar-refractivity contribution < 1.29 is 13.5 Å². The molecule has 0 N–H and O–H groups in total. The second-order valence-corrected chi connectivity index (χ2v) is 3.94. The van der Waals surface area contributed by atoms with Gasteiger partial charge in [-0.3, -0.25) is 0 Å². The average molecular weight is 271 g/mol. The van der Waals surface area contributed by atoms with E-state index in [9.17, 15) is 8.78 Å². The topological polar surface area (TPSA) is 35.0 Å². The highest BCUT2D eigenvalue weighted by molar-refractivity contribution is 6.29. The molecule has 0 bridgehead atoms. The quantitative estimate of drug-likeness (QED) is 0.785. The number of hydrogen-bond acceptors (Lipinski definition) is 3. The maximum Gasteiger partial charge on any atom is 0.181 e. The number of rotatable bonds is 2. The summed E-state index contributed by atoms with van der Waals surface area (Å²) in [6, 6.07) is 4.23. The number of ether oxygens (including phenoxy) is 1. The number of methoxy groups -OCH3 is 1. The Hall–Kier alpha value is -1.75. The summed E-state index contributed by atoms with van der Waals surface area (Å²) in [5.41, 5.74) is 0.513. The molecule has 94 valence electrons. The van der Waals surface area contributed by atoms with E-state index in [1.54, 1.807) is 6.07 Å². The minimum atomic E-state index is -0.672. The fourth-order valence-electron chi connectivity index (χ4n) is 1.46. The number of aromatic nitrogens is 2. The van der Waals surface area contributed by atoms with Crippen molar-refractivity contribution >= 4 is 11.6 Å². The molecule has 0 saturated heterocycles. The van der Waals surface area contributed by atoms with Crippen LogP contribution in [0, 0.1) is 18.6 Å². The van der Waals surface area contributed by atoms with Gasteiger partial charge in [0.25, 0.3) is 0 Å². The monoisotopic (exact) mass is 270 g/mol. The van der Waals surface area contributed by atoms with Crippen molar-refractivity contribution in [1.29, 1.82) is 0 Å². The summed E-state index contributed by atoms with van der Waals surface area (Å²) < 4.78 is 31.6. The van der Waals surface area contributed by atoms with Gasteiger partial charge in [-0.2, -0.15) is 0 Å². The van der Waals surface area contributed by atoms with Crippen LogP contribution in [0.15, 0.2) is 18.2 Å². The summed E-state index contributed by atoms with van der Waals surface area (Å²) in [7, 11) is 1.37. The lowest BCUT2D eigenvalue weighted by Gasteiger charge is -2.06. The van der Waals surface area contributed by atoms with Gasteiger partial charge in [0.05, 0.1) is 12.8 Å². The molecule has 1 aromatic heterocycles. The van der Waals surface area contributed by atoms with E-state index in [-0.39, 0.29) is 22.4 Å². The number of hydrogen-bond donors (Lipinski definition) is 0. The van der Waals surface area contributed by atoms with Crippen molar-refractivity contribution in [3.63, 3.8) is 0 Å². The molecule has 2 aromatic rings. The number of halogens is 3. The summed E-state index contributed by atoms with van der Waals surface area (Å²) in [5, 5.41) is -0.284. The third kappa shape index (κ3) is 2.26. The second kappa shape index (κ2) is 4.86. The molecule has 0 unspecified atom stereocenters. The van der Waals surface area contributed by atoms with Crippen LogP contribution in [0.3, 0.4) is 0 Å². The van der Waals surface area contributed by atoms with Gasteiger partial charge < -0.3 is 4.74 Å². The zero-order valence-corrected chi connectivity index (χ0v) is 10.4. The molecule has 1 heterocycles. The first-order chi connectivity index (χ1) is 8.52. The zero-order chi connectivity index (χ0) is 13.3. The number of benzene rings is 1. The van der Waals surface area contributed by atoms with E-state index < -0.39 is 11.6 Å². The van der Waals surface area contributed by atoms with Gasteiger partial charge in [0.2, 0.25) is 0 Å². The molecule has 0 spiro atoms. The van der Waals surface area contributed by atoms with Crippen LogP contribution in [0.25, 0.3) is 11.4 Å². The van der Waals surface area contributed by atoms with E-state index in [4.69, 9.17) is 16.3 Å². The molecule has 1 aromatic carbocycles. The van der Waals surface area contributed by atoms with Crippen LogP contribution in [-0.4, -0.2) is 17.1 Å². The lowest BCUT2D eigenvalue weighted by Crippen LogP contribution is -1.98. The van der Waals surface area contributed by atoms with E-state index in [1.807, 2.05) is 0 Å². The first kappa shape index (κ1) is 12.7. The molecule has 0 fully saturated rings. The van der Waals surface area contributed by atoms with E-state index in [2.05, 4.69) is 9.97 Å². The van der Waals surface area contributed by atoms with Gasteiger partial charge in [0, 0.05) is 5.56 Å². The SMILES string of the molecule is COc1ccc(-c2nc(C)c(F)c(Cl)n2)cc1F. The van der Waals surface area contributed by atoms with Gasteiger partial charge >= 0.3 is 0 Å². The van der Waals surface area contributed by atoms with Crippen molar-refractivity contribution in [2.24, 2.45) is 0 Å². The summed E-state index contributed by atoms with van der Waals surface area (Å²) in [6.07, 6.45) is 0. The average Bonchev–Trinajstić information content (AvgIpc) is 2.35. The van der Waals surface area contributed by atoms with Crippen LogP contribution in [0.1, 0.15) is 5.69 Å². The molecule has 2 rings (SSSR count). The highest BCUT2D eigenvalue weighted by Crippen LogP contribution is 2.25. The lowest BCUT2D eigenvalue weighted by atomic mass is 10.2. The second-order valence-electron chi connectivity index (χ2n) is 3.59. The maximum atomic E-state index is 13.5. The Balaban J connectivity index is 2.52. The lowest BCUT2D eigenvalue weighted by molar-refractivity contribution is 0.386. The Morgan fingerprint density at radius 2 is 1.94 bits per heavy atom. The van der Waals surface area contributed by atoms with Crippen molar-refractivity contribution in [1.82, 2.24) is 9.97 Å². The molecule has 0 amide bonds.